The van der Waals surface area contributed by atoms with Gasteiger partial charge in [-0.25, -0.2) is 8.42 Å². The third kappa shape index (κ3) is 5.35. The molecule has 5 nitrogen and oxygen atoms in total. The van der Waals surface area contributed by atoms with Gasteiger partial charge in [0.15, 0.2) is 9.84 Å². The lowest BCUT2D eigenvalue weighted by Crippen LogP contribution is -2.27. The van der Waals surface area contributed by atoms with Gasteiger partial charge in [0, 0.05) is 42.5 Å². The van der Waals surface area contributed by atoms with Crippen molar-refractivity contribution in [3.63, 3.8) is 0 Å². The molecule has 0 saturated carbocycles. The van der Waals surface area contributed by atoms with E-state index in [1.807, 2.05) is 36.4 Å². The van der Waals surface area contributed by atoms with E-state index in [0.717, 1.165) is 80.4 Å². The zero-order valence-electron chi connectivity index (χ0n) is 28.2. The van der Waals surface area contributed by atoms with Crippen LogP contribution >= 0.6 is 0 Å². The minimum Gasteiger partial charge on any atom is -0.456 e. The Hall–Kier alpha value is -5.33. The van der Waals surface area contributed by atoms with Crippen molar-refractivity contribution in [1.82, 2.24) is 10.2 Å². The van der Waals surface area contributed by atoms with Gasteiger partial charge >= 0.3 is 0 Å². The van der Waals surface area contributed by atoms with Crippen LogP contribution in [0.1, 0.15) is 30.0 Å². The Labute approximate surface area is 293 Å². The van der Waals surface area contributed by atoms with E-state index in [1.54, 1.807) is 0 Å². The molecule has 1 aromatic heterocycles. The molecule has 4 aromatic carbocycles. The van der Waals surface area contributed by atoms with Gasteiger partial charge in [-0.2, -0.15) is 0 Å². The molecule has 1 atom stereocenters. The van der Waals surface area contributed by atoms with Crippen LogP contribution in [0, 0.1) is 0 Å². The molecular weight excluding hydrogens is 637 g/mol. The molecule has 0 fully saturated rings. The first-order valence-corrected chi connectivity index (χ1v) is 19.0. The smallest absolute Gasteiger partial charge is 0.158 e. The number of sulfone groups is 1. The van der Waals surface area contributed by atoms with Crippen molar-refractivity contribution in [1.29, 1.82) is 0 Å². The SMILES string of the molecule is CN1C=CC=C(C2=CC(C3=CNCC=C3)=CC(C)(c3ccc4c(c3)-c3cc(-c5cccc6oc7ccccc7c56)ccc3CS(=O)(=O)C4)C2)C1. The summed E-state index contributed by atoms with van der Waals surface area (Å²) in [7, 11) is -1.25. The number of likely N-dealkylation sites (N-methyl/N-ethyl adjacent to an activating group) is 1. The van der Waals surface area contributed by atoms with Gasteiger partial charge in [-0.3, -0.25) is 0 Å². The Kier molecular flexibility index (Phi) is 7.15. The number of nitrogens with zero attached hydrogens (tertiary/aromatic N) is 1. The minimum absolute atomic E-state index is 0.0162. The van der Waals surface area contributed by atoms with Crippen molar-refractivity contribution in [3.05, 3.63) is 167 Å². The number of rotatable bonds is 4. The van der Waals surface area contributed by atoms with Crippen LogP contribution in [0.5, 0.6) is 0 Å². The van der Waals surface area contributed by atoms with Crippen molar-refractivity contribution < 1.29 is 12.8 Å². The van der Waals surface area contributed by atoms with Gasteiger partial charge in [-0.15, -0.1) is 0 Å². The van der Waals surface area contributed by atoms with Gasteiger partial charge in [-0.05, 0) is 104 Å². The maximum Gasteiger partial charge on any atom is 0.158 e. The molecule has 5 aromatic rings. The standard InChI is InChI=1S/C44H38N2O3S/c1-44(23-34(30-8-6-18-45-25-30)20-35(24-44)31-9-7-19-46(2)26-31)36-17-16-33-28-50(47,48)27-32-15-14-29(21-39(32)40(33)22-36)37-11-5-13-42-43(37)38-10-3-4-12-41(38)49-42/h3-17,19-23,25,45H,18,24,26-28H2,1-2H3. The Balaban J connectivity index is 1.20. The maximum absolute atomic E-state index is 13.5. The molecule has 6 heteroatoms. The van der Waals surface area contributed by atoms with E-state index in [9.17, 15) is 8.42 Å². The van der Waals surface area contributed by atoms with Crippen molar-refractivity contribution in [3.8, 4) is 22.3 Å². The average molecular weight is 675 g/mol. The largest absolute Gasteiger partial charge is 0.456 e. The zero-order valence-corrected chi connectivity index (χ0v) is 29.1. The summed E-state index contributed by atoms with van der Waals surface area (Å²) in [6.45, 7) is 4.00. The van der Waals surface area contributed by atoms with Crippen LogP contribution in [0.3, 0.4) is 0 Å². The van der Waals surface area contributed by atoms with Crippen molar-refractivity contribution in [2.45, 2.75) is 30.3 Å². The van der Waals surface area contributed by atoms with Crippen LogP contribution in [-0.2, 0) is 26.8 Å². The number of dihydropyridines is 1. The molecule has 50 heavy (non-hydrogen) atoms. The van der Waals surface area contributed by atoms with Crippen LogP contribution in [0.4, 0.5) is 0 Å². The van der Waals surface area contributed by atoms with Crippen LogP contribution in [0.15, 0.2) is 154 Å². The second-order valence-corrected chi connectivity index (χ2v) is 16.3. The summed E-state index contributed by atoms with van der Waals surface area (Å²) < 4.78 is 33.2. The van der Waals surface area contributed by atoms with E-state index in [2.05, 4.69) is 116 Å². The molecule has 9 rings (SSSR count). The number of allylic oxidation sites excluding steroid dienone is 7. The van der Waals surface area contributed by atoms with Gasteiger partial charge in [-0.1, -0.05) is 91.9 Å². The van der Waals surface area contributed by atoms with Gasteiger partial charge in [0.2, 0.25) is 0 Å². The first-order valence-electron chi connectivity index (χ1n) is 17.2. The lowest BCUT2D eigenvalue weighted by molar-refractivity contribution is 0.485. The van der Waals surface area contributed by atoms with E-state index in [0.29, 0.717) is 0 Å². The minimum atomic E-state index is -3.36. The van der Waals surface area contributed by atoms with Crippen molar-refractivity contribution in [2.24, 2.45) is 0 Å². The molecule has 0 spiro atoms. The highest BCUT2D eigenvalue weighted by Gasteiger charge is 2.33. The highest BCUT2D eigenvalue weighted by Crippen LogP contribution is 2.46. The van der Waals surface area contributed by atoms with Crippen molar-refractivity contribution in [2.75, 3.05) is 20.1 Å². The lowest BCUT2D eigenvalue weighted by Gasteiger charge is -2.35. The molecule has 248 valence electrons. The first-order chi connectivity index (χ1) is 24.2. The number of para-hydroxylation sites is 1. The number of hydrogen-bond donors (Lipinski definition) is 1. The van der Waals surface area contributed by atoms with Crippen LogP contribution in [0.2, 0.25) is 0 Å². The number of fused-ring (bicyclic) bond motifs is 6. The summed E-state index contributed by atoms with van der Waals surface area (Å²) in [6.07, 6.45) is 18.5. The fourth-order valence-corrected chi connectivity index (χ4v) is 9.69. The molecule has 0 radical (unpaired) electrons. The molecule has 1 unspecified atom stereocenters. The van der Waals surface area contributed by atoms with E-state index < -0.39 is 9.84 Å². The van der Waals surface area contributed by atoms with Crippen LogP contribution in [0.25, 0.3) is 44.2 Å². The molecule has 4 heterocycles. The molecular formula is C44H38N2O3S. The number of furan rings is 1. The Morgan fingerprint density at radius 1 is 0.840 bits per heavy atom. The predicted molar refractivity (Wildman–Crippen MR) is 204 cm³/mol. The number of hydrogen-bond acceptors (Lipinski definition) is 5. The lowest BCUT2D eigenvalue weighted by atomic mass is 9.69. The topological polar surface area (TPSA) is 62.6 Å². The monoisotopic (exact) mass is 674 g/mol. The Morgan fingerprint density at radius 3 is 2.46 bits per heavy atom. The fourth-order valence-electron chi connectivity index (χ4n) is 8.14. The molecule has 1 N–H and O–H groups in total. The average Bonchev–Trinajstić information content (AvgIpc) is 3.46. The summed E-state index contributed by atoms with van der Waals surface area (Å²) in [5.41, 5.74) is 13.3. The molecule has 4 aliphatic rings. The molecule has 0 amide bonds. The normalized spacial score (nSPS) is 21.0. The summed E-state index contributed by atoms with van der Waals surface area (Å²) >= 11 is 0. The second kappa shape index (κ2) is 11.6. The third-order valence-electron chi connectivity index (χ3n) is 10.6. The van der Waals surface area contributed by atoms with E-state index in [4.69, 9.17) is 4.42 Å². The highest BCUT2D eigenvalue weighted by molar-refractivity contribution is 7.89. The predicted octanol–water partition coefficient (Wildman–Crippen LogP) is 9.29. The molecule has 3 aliphatic heterocycles. The second-order valence-electron chi connectivity index (χ2n) is 14.3. The van der Waals surface area contributed by atoms with E-state index in [1.165, 1.54) is 22.3 Å². The van der Waals surface area contributed by atoms with Gasteiger partial charge in [0.25, 0.3) is 0 Å². The Morgan fingerprint density at radius 2 is 1.64 bits per heavy atom. The summed E-state index contributed by atoms with van der Waals surface area (Å²) in [5, 5.41) is 5.53. The third-order valence-corrected chi connectivity index (χ3v) is 12.1. The van der Waals surface area contributed by atoms with Gasteiger partial charge in [0.05, 0.1) is 11.5 Å². The summed E-state index contributed by atoms with van der Waals surface area (Å²) in [5.74, 6) is 0.0365. The highest BCUT2D eigenvalue weighted by atomic mass is 32.2. The maximum atomic E-state index is 13.5. The molecule has 1 aliphatic carbocycles. The van der Waals surface area contributed by atoms with Gasteiger partial charge < -0.3 is 14.6 Å². The summed E-state index contributed by atoms with van der Waals surface area (Å²) in [4.78, 5) is 2.22. The Bertz CT molecular complexity index is 2540. The number of nitrogens with one attached hydrogen (secondary N) is 1. The van der Waals surface area contributed by atoms with Crippen molar-refractivity contribution >= 4 is 31.8 Å². The fraction of sp³-hybridized carbons (Fsp3) is 0.182. The van der Waals surface area contributed by atoms with Gasteiger partial charge in [0.1, 0.15) is 11.2 Å². The number of benzene rings is 4. The van der Waals surface area contributed by atoms with E-state index >= 15 is 0 Å². The van der Waals surface area contributed by atoms with Crippen LogP contribution < -0.4 is 5.32 Å². The van der Waals surface area contributed by atoms with E-state index in [-0.39, 0.29) is 16.9 Å². The summed E-state index contributed by atoms with van der Waals surface area (Å²) in [6, 6.07) is 27.1. The quantitative estimate of drug-likeness (QED) is 0.206. The van der Waals surface area contributed by atoms with Crippen LogP contribution in [-0.4, -0.2) is 33.5 Å². The molecule has 0 bridgehead atoms. The first kappa shape index (κ1) is 30.7. The molecule has 0 saturated heterocycles. The zero-order chi connectivity index (χ0) is 34.0.